The van der Waals surface area contributed by atoms with Crippen LogP contribution in [0.15, 0.2) is 54.6 Å². The second-order valence-electron chi connectivity index (χ2n) is 3.52. The number of hydrogen-bond acceptors (Lipinski definition) is 0. The van der Waals surface area contributed by atoms with E-state index < -0.39 is 0 Å². The van der Waals surface area contributed by atoms with Gasteiger partial charge in [-0.1, -0.05) is 30.3 Å². The van der Waals surface area contributed by atoms with Crippen LogP contribution in [0.5, 0.6) is 0 Å². The number of benzene rings is 2. The largest absolute Gasteiger partial charge is 0.290 e. The predicted octanol–water partition coefficient (Wildman–Crippen LogP) is 1.91. The monoisotopic (exact) mass is 225 g/mol. The molecule has 84 valence electrons. The van der Waals surface area contributed by atoms with Gasteiger partial charge in [0.2, 0.25) is 0 Å². The van der Waals surface area contributed by atoms with E-state index in [0.717, 1.165) is 11.1 Å². The van der Waals surface area contributed by atoms with Crippen LogP contribution in [-0.4, -0.2) is 0 Å². The molecule has 0 saturated carbocycles. The molecule has 0 bridgehead atoms. The first-order valence-electron chi connectivity index (χ1n) is 5.33. The van der Waals surface area contributed by atoms with E-state index in [1.807, 2.05) is 36.9 Å². The van der Waals surface area contributed by atoms with E-state index in [1.165, 1.54) is 12.1 Å². The Balaban J connectivity index is 1.88. The van der Waals surface area contributed by atoms with Crippen molar-refractivity contribution >= 4 is 0 Å². The van der Waals surface area contributed by atoms with Gasteiger partial charge in [0.15, 0.2) is 0 Å². The molecule has 0 amide bonds. The molecule has 1 nitrogen and oxygen atoms in total. The van der Waals surface area contributed by atoms with Crippen molar-refractivity contribution in [3.8, 4) is 12.0 Å². The SMILES string of the molecule is Fc1ccc([CH-][NH2+]C#Cc2ccccc2)cc1. The summed E-state index contributed by atoms with van der Waals surface area (Å²) in [6, 6.07) is 19.0. The first-order chi connectivity index (χ1) is 8.34. The number of rotatable bonds is 2. The standard InChI is InChI=1S/C15H12FN/c16-15-8-6-14(7-9-15)12-17-11-10-13-4-2-1-3-5-13/h1-9,12H,17H2. The van der Waals surface area contributed by atoms with Gasteiger partial charge in [-0.3, -0.25) is 5.32 Å². The van der Waals surface area contributed by atoms with Crippen LogP contribution < -0.4 is 5.32 Å². The molecule has 0 atom stereocenters. The van der Waals surface area contributed by atoms with E-state index in [-0.39, 0.29) is 5.82 Å². The van der Waals surface area contributed by atoms with Crippen molar-refractivity contribution in [2.45, 2.75) is 0 Å². The van der Waals surface area contributed by atoms with Crippen molar-refractivity contribution in [1.82, 2.24) is 0 Å². The zero-order chi connectivity index (χ0) is 11.9. The molecule has 2 aromatic carbocycles. The first kappa shape index (κ1) is 11.3. The van der Waals surface area contributed by atoms with Crippen molar-refractivity contribution in [1.29, 1.82) is 0 Å². The molecule has 0 radical (unpaired) electrons. The lowest BCUT2D eigenvalue weighted by molar-refractivity contribution is -0.518. The summed E-state index contributed by atoms with van der Waals surface area (Å²) >= 11 is 0. The van der Waals surface area contributed by atoms with Crippen LogP contribution in [0, 0.1) is 24.3 Å². The molecule has 0 saturated heterocycles. The lowest BCUT2D eigenvalue weighted by Crippen LogP contribution is -2.75. The summed E-state index contributed by atoms with van der Waals surface area (Å²) in [5.41, 5.74) is 1.92. The molecule has 17 heavy (non-hydrogen) atoms. The lowest BCUT2D eigenvalue weighted by atomic mass is 10.2. The molecule has 0 heterocycles. The maximum Gasteiger partial charge on any atom is 0.133 e. The average molecular weight is 225 g/mol. The van der Waals surface area contributed by atoms with Gasteiger partial charge in [-0.05, 0) is 18.1 Å². The molecule has 0 spiro atoms. The highest BCUT2D eigenvalue weighted by Crippen LogP contribution is 2.01. The summed E-state index contributed by atoms with van der Waals surface area (Å²) in [6.45, 7) is 1.86. The molecule has 0 aliphatic carbocycles. The molecular weight excluding hydrogens is 213 g/mol. The Hall–Kier alpha value is -2.24. The average Bonchev–Trinajstić information content (AvgIpc) is 2.38. The number of nitrogens with two attached hydrogens (primary N) is 1. The summed E-state index contributed by atoms with van der Waals surface area (Å²) < 4.78 is 12.6. The van der Waals surface area contributed by atoms with E-state index in [1.54, 1.807) is 17.4 Å². The quantitative estimate of drug-likeness (QED) is 0.594. The van der Waals surface area contributed by atoms with Crippen LogP contribution in [0.1, 0.15) is 11.1 Å². The lowest BCUT2D eigenvalue weighted by Gasteiger charge is -2.02. The molecule has 0 aromatic heterocycles. The summed E-state index contributed by atoms with van der Waals surface area (Å²) in [5, 5.41) is 1.76. The molecule has 0 fully saturated rings. The molecule has 0 aliphatic heterocycles. The van der Waals surface area contributed by atoms with Crippen LogP contribution in [0.4, 0.5) is 4.39 Å². The van der Waals surface area contributed by atoms with Gasteiger partial charge in [-0.15, -0.1) is 5.56 Å². The number of hydrogen-bond donors (Lipinski definition) is 1. The fourth-order valence-corrected chi connectivity index (χ4v) is 1.36. The van der Waals surface area contributed by atoms with Crippen LogP contribution in [0.2, 0.25) is 0 Å². The minimum atomic E-state index is -0.225. The van der Waals surface area contributed by atoms with Crippen LogP contribution in [0.25, 0.3) is 0 Å². The third-order valence-electron chi connectivity index (χ3n) is 2.22. The van der Waals surface area contributed by atoms with Crippen molar-refractivity contribution in [3.63, 3.8) is 0 Å². The Kier molecular flexibility index (Phi) is 3.80. The normalized spacial score (nSPS) is 9.24. The van der Waals surface area contributed by atoms with Crippen LogP contribution in [0.3, 0.4) is 0 Å². The van der Waals surface area contributed by atoms with Gasteiger partial charge in [-0.2, -0.15) is 12.1 Å². The van der Waals surface area contributed by atoms with Gasteiger partial charge in [0.25, 0.3) is 0 Å². The van der Waals surface area contributed by atoms with Gasteiger partial charge in [0.1, 0.15) is 6.04 Å². The highest BCUT2D eigenvalue weighted by molar-refractivity contribution is 5.32. The highest BCUT2D eigenvalue weighted by atomic mass is 19.1. The smallest absolute Gasteiger partial charge is 0.133 e. The van der Waals surface area contributed by atoms with Gasteiger partial charge >= 0.3 is 0 Å². The van der Waals surface area contributed by atoms with Gasteiger partial charge in [-0.25, -0.2) is 4.39 Å². The molecule has 2 aromatic rings. The van der Waals surface area contributed by atoms with Crippen molar-refractivity contribution < 1.29 is 9.71 Å². The third kappa shape index (κ3) is 3.67. The minimum Gasteiger partial charge on any atom is -0.290 e. The fraction of sp³-hybridized carbons (Fsp3) is 0. The minimum absolute atomic E-state index is 0.225. The number of halogens is 1. The fourth-order valence-electron chi connectivity index (χ4n) is 1.36. The zero-order valence-electron chi connectivity index (χ0n) is 9.23. The van der Waals surface area contributed by atoms with Gasteiger partial charge in [0, 0.05) is 12.1 Å². The zero-order valence-corrected chi connectivity index (χ0v) is 9.23. The summed E-state index contributed by atoms with van der Waals surface area (Å²) in [5.74, 6) is 2.79. The third-order valence-corrected chi connectivity index (χ3v) is 2.22. The van der Waals surface area contributed by atoms with Crippen molar-refractivity contribution in [2.24, 2.45) is 0 Å². The van der Waals surface area contributed by atoms with Crippen LogP contribution >= 0.6 is 0 Å². The molecule has 2 heteroatoms. The summed E-state index contributed by atoms with van der Waals surface area (Å²) in [6.07, 6.45) is 0. The topological polar surface area (TPSA) is 16.6 Å². The van der Waals surface area contributed by atoms with Gasteiger partial charge in [0.05, 0.1) is 5.82 Å². The van der Waals surface area contributed by atoms with E-state index in [9.17, 15) is 4.39 Å². The maximum absolute atomic E-state index is 12.6. The van der Waals surface area contributed by atoms with Gasteiger partial charge < -0.3 is 0 Å². The summed E-state index contributed by atoms with van der Waals surface area (Å²) in [7, 11) is 0. The Morgan fingerprint density at radius 3 is 2.35 bits per heavy atom. The summed E-state index contributed by atoms with van der Waals surface area (Å²) in [4.78, 5) is 0. The second kappa shape index (κ2) is 5.74. The molecular formula is C15H12FN. The Labute approximate surface area is 100 Å². The van der Waals surface area contributed by atoms with Crippen molar-refractivity contribution in [2.75, 3.05) is 0 Å². The van der Waals surface area contributed by atoms with E-state index in [2.05, 4.69) is 12.0 Å². The molecule has 0 unspecified atom stereocenters. The molecule has 2 N–H and O–H groups in total. The highest BCUT2D eigenvalue weighted by Gasteiger charge is 1.86. The first-order valence-corrected chi connectivity index (χ1v) is 5.33. The van der Waals surface area contributed by atoms with E-state index in [4.69, 9.17) is 0 Å². The van der Waals surface area contributed by atoms with Crippen LogP contribution in [-0.2, 0) is 0 Å². The number of quaternary nitrogens is 1. The Bertz CT molecular complexity index is 520. The van der Waals surface area contributed by atoms with E-state index in [0.29, 0.717) is 0 Å². The van der Waals surface area contributed by atoms with Crippen molar-refractivity contribution in [3.05, 3.63) is 78.1 Å². The Morgan fingerprint density at radius 1 is 0.941 bits per heavy atom. The molecule has 2 rings (SSSR count). The second-order valence-corrected chi connectivity index (χ2v) is 3.52. The Morgan fingerprint density at radius 2 is 1.65 bits per heavy atom. The predicted molar refractivity (Wildman–Crippen MR) is 65.0 cm³/mol. The molecule has 0 aliphatic rings. The maximum atomic E-state index is 12.6. The van der Waals surface area contributed by atoms with E-state index >= 15 is 0 Å².